The third kappa shape index (κ3) is 5.63. The van der Waals surface area contributed by atoms with Gasteiger partial charge in [-0.15, -0.1) is 0 Å². The Hall–Kier alpha value is -2.21. The number of rotatable bonds is 8. The first-order chi connectivity index (χ1) is 13.1. The number of aryl methyl sites for hydroxylation is 1. The molecule has 0 spiro atoms. The van der Waals surface area contributed by atoms with Crippen molar-refractivity contribution in [1.82, 2.24) is 20.4 Å². The number of halogens is 1. The standard InChI is InChI=1S/C21H29FN4O/c1-26(21(27)17-8-6-11-23-15-17)12-4-2-3-10-19-14-20(25-24-19)16-7-5-9-18(22)13-16/h5,7,9,13-14,17,23H,2-4,6,8,10-12,15H2,1H3,(H,24,25). The van der Waals surface area contributed by atoms with Crippen LogP contribution in [0.2, 0.25) is 0 Å². The van der Waals surface area contributed by atoms with E-state index < -0.39 is 0 Å². The Balaban J connectivity index is 1.36. The third-order valence-electron chi connectivity index (χ3n) is 5.21. The van der Waals surface area contributed by atoms with E-state index in [4.69, 9.17) is 0 Å². The second kappa shape index (κ2) is 9.65. The maximum absolute atomic E-state index is 13.3. The summed E-state index contributed by atoms with van der Waals surface area (Å²) in [4.78, 5) is 14.3. The van der Waals surface area contributed by atoms with Crippen LogP contribution < -0.4 is 5.32 Å². The lowest BCUT2D eigenvalue weighted by atomic mass is 9.98. The number of amides is 1. The Labute approximate surface area is 160 Å². The van der Waals surface area contributed by atoms with E-state index in [9.17, 15) is 9.18 Å². The van der Waals surface area contributed by atoms with Crippen molar-refractivity contribution in [1.29, 1.82) is 0 Å². The number of nitrogens with one attached hydrogen (secondary N) is 2. The molecule has 1 aromatic carbocycles. The van der Waals surface area contributed by atoms with E-state index in [0.717, 1.165) is 75.1 Å². The number of nitrogens with zero attached hydrogens (tertiary/aromatic N) is 2. The van der Waals surface area contributed by atoms with Gasteiger partial charge in [-0.2, -0.15) is 5.10 Å². The predicted octanol–water partition coefficient (Wildman–Crippen LogP) is 3.39. The van der Waals surface area contributed by atoms with Crippen LogP contribution in [0.4, 0.5) is 4.39 Å². The van der Waals surface area contributed by atoms with Crippen molar-refractivity contribution in [2.45, 2.75) is 38.5 Å². The second-order valence-electron chi connectivity index (χ2n) is 7.40. The summed E-state index contributed by atoms with van der Waals surface area (Å²) in [6.07, 6.45) is 6.11. The van der Waals surface area contributed by atoms with Gasteiger partial charge in [-0.3, -0.25) is 9.89 Å². The van der Waals surface area contributed by atoms with Crippen molar-refractivity contribution in [3.63, 3.8) is 0 Å². The van der Waals surface area contributed by atoms with Gasteiger partial charge in [0.2, 0.25) is 5.91 Å². The van der Waals surface area contributed by atoms with Crippen molar-refractivity contribution in [2.75, 3.05) is 26.7 Å². The van der Waals surface area contributed by atoms with Crippen LogP contribution in [0.15, 0.2) is 30.3 Å². The Bertz CT molecular complexity index is 739. The molecule has 2 N–H and O–H groups in total. The summed E-state index contributed by atoms with van der Waals surface area (Å²) in [5, 5.41) is 10.6. The van der Waals surface area contributed by atoms with Gasteiger partial charge in [0, 0.05) is 31.4 Å². The van der Waals surface area contributed by atoms with Crippen LogP contribution in [-0.2, 0) is 11.2 Å². The first-order valence-corrected chi connectivity index (χ1v) is 9.89. The van der Waals surface area contributed by atoms with Crippen molar-refractivity contribution in [2.24, 2.45) is 5.92 Å². The summed E-state index contributed by atoms with van der Waals surface area (Å²) in [5.74, 6) is 0.171. The van der Waals surface area contributed by atoms with Crippen molar-refractivity contribution in [3.8, 4) is 11.3 Å². The number of piperidine rings is 1. The highest BCUT2D eigenvalue weighted by molar-refractivity contribution is 5.78. The van der Waals surface area contributed by atoms with E-state index in [-0.39, 0.29) is 17.6 Å². The normalized spacial score (nSPS) is 17.0. The molecule has 1 aliphatic heterocycles. The lowest BCUT2D eigenvalue weighted by Gasteiger charge is -2.27. The number of unbranched alkanes of at least 4 members (excludes halogenated alkanes) is 2. The maximum Gasteiger partial charge on any atom is 0.226 e. The minimum absolute atomic E-state index is 0.148. The van der Waals surface area contributed by atoms with Gasteiger partial charge in [0.25, 0.3) is 0 Å². The molecule has 1 saturated heterocycles. The van der Waals surface area contributed by atoms with Crippen molar-refractivity contribution in [3.05, 3.63) is 41.8 Å². The van der Waals surface area contributed by atoms with Crippen LogP contribution in [0.3, 0.4) is 0 Å². The molecule has 146 valence electrons. The molecule has 1 fully saturated rings. The highest BCUT2D eigenvalue weighted by atomic mass is 19.1. The van der Waals surface area contributed by atoms with E-state index in [2.05, 4.69) is 15.5 Å². The molecule has 1 aliphatic rings. The molecule has 2 heterocycles. The van der Waals surface area contributed by atoms with Crippen molar-refractivity contribution < 1.29 is 9.18 Å². The fourth-order valence-electron chi connectivity index (χ4n) is 3.61. The zero-order valence-electron chi connectivity index (χ0n) is 16.0. The van der Waals surface area contributed by atoms with Gasteiger partial charge >= 0.3 is 0 Å². The van der Waals surface area contributed by atoms with Gasteiger partial charge in [-0.05, 0) is 56.8 Å². The minimum Gasteiger partial charge on any atom is -0.345 e. The molecule has 2 aromatic rings. The SMILES string of the molecule is CN(CCCCCc1cc(-c2cccc(F)c2)n[nH]1)C(=O)C1CCCNC1. The molecule has 6 heteroatoms. The molecule has 0 bridgehead atoms. The van der Waals surface area contributed by atoms with Crippen LogP contribution in [-0.4, -0.2) is 47.7 Å². The zero-order chi connectivity index (χ0) is 19.1. The molecule has 3 rings (SSSR count). The molecular weight excluding hydrogens is 343 g/mol. The molecule has 1 unspecified atom stereocenters. The molecule has 0 radical (unpaired) electrons. The van der Waals surface area contributed by atoms with Crippen LogP contribution in [0.5, 0.6) is 0 Å². The Morgan fingerprint density at radius 1 is 1.30 bits per heavy atom. The first kappa shape index (κ1) is 19.5. The van der Waals surface area contributed by atoms with E-state index >= 15 is 0 Å². The van der Waals surface area contributed by atoms with E-state index in [0.29, 0.717) is 0 Å². The maximum atomic E-state index is 13.3. The lowest BCUT2D eigenvalue weighted by Crippen LogP contribution is -2.41. The monoisotopic (exact) mass is 372 g/mol. The van der Waals surface area contributed by atoms with Crippen LogP contribution in [0, 0.1) is 11.7 Å². The van der Waals surface area contributed by atoms with E-state index in [1.807, 2.05) is 24.1 Å². The van der Waals surface area contributed by atoms with Gasteiger partial charge in [0.05, 0.1) is 11.6 Å². The summed E-state index contributed by atoms with van der Waals surface area (Å²) in [6.45, 7) is 2.66. The molecule has 27 heavy (non-hydrogen) atoms. The summed E-state index contributed by atoms with van der Waals surface area (Å²) in [7, 11) is 1.91. The molecule has 1 atom stereocenters. The topological polar surface area (TPSA) is 61.0 Å². The number of hydrogen-bond acceptors (Lipinski definition) is 3. The summed E-state index contributed by atoms with van der Waals surface area (Å²) >= 11 is 0. The van der Waals surface area contributed by atoms with E-state index in [1.54, 1.807) is 6.07 Å². The molecular formula is C21H29FN4O. The second-order valence-corrected chi connectivity index (χ2v) is 7.40. The summed E-state index contributed by atoms with van der Waals surface area (Å²) in [5.41, 5.74) is 2.62. The number of H-pyrrole nitrogens is 1. The van der Waals surface area contributed by atoms with E-state index in [1.165, 1.54) is 12.1 Å². The number of aromatic amines is 1. The zero-order valence-corrected chi connectivity index (χ0v) is 16.0. The van der Waals surface area contributed by atoms with Gasteiger partial charge in [0.1, 0.15) is 5.82 Å². The van der Waals surface area contributed by atoms with Crippen molar-refractivity contribution >= 4 is 5.91 Å². The van der Waals surface area contributed by atoms with Crippen LogP contribution >= 0.6 is 0 Å². The molecule has 0 aliphatic carbocycles. The Morgan fingerprint density at radius 2 is 2.19 bits per heavy atom. The fourth-order valence-corrected chi connectivity index (χ4v) is 3.61. The van der Waals surface area contributed by atoms with Gasteiger partial charge in [0.15, 0.2) is 0 Å². The largest absolute Gasteiger partial charge is 0.345 e. The molecule has 1 aromatic heterocycles. The number of aromatic nitrogens is 2. The third-order valence-corrected chi connectivity index (χ3v) is 5.21. The highest BCUT2D eigenvalue weighted by Gasteiger charge is 2.23. The quantitative estimate of drug-likeness (QED) is 0.699. The number of carbonyl (C=O) groups excluding carboxylic acids is 1. The smallest absolute Gasteiger partial charge is 0.226 e. The number of benzene rings is 1. The fraction of sp³-hybridized carbons (Fsp3) is 0.524. The van der Waals surface area contributed by atoms with Gasteiger partial charge < -0.3 is 10.2 Å². The highest BCUT2D eigenvalue weighted by Crippen LogP contribution is 2.19. The average molecular weight is 372 g/mol. The van der Waals surface area contributed by atoms with Crippen LogP contribution in [0.1, 0.15) is 37.8 Å². The summed E-state index contributed by atoms with van der Waals surface area (Å²) in [6, 6.07) is 8.47. The predicted molar refractivity (Wildman–Crippen MR) is 105 cm³/mol. The Kier molecular flexibility index (Phi) is 6.98. The summed E-state index contributed by atoms with van der Waals surface area (Å²) < 4.78 is 13.3. The Morgan fingerprint density at radius 3 is 2.96 bits per heavy atom. The molecule has 1 amide bonds. The van der Waals surface area contributed by atoms with Gasteiger partial charge in [-0.25, -0.2) is 4.39 Å². The number of hydrogen-bond donors (Lipinski definition) is 2. The average Bonchev–Trinajstić information content (AvgIpc) is 3.16. The minimum atomic E-state index is -0.250. The van der Waals surface area contributed by atoms with Gasteiger partial charge in [-0.1, -0.05) is 18.6 Å². The van der Waals surface area contributed by atoms with Crippen LogP contribution in [0.25, 0.3) is 11.3 Å². The molecule has 5 nitrogen and oxygen atoms in total. The molecule has 0 saturated carbocycles. The number of carbonyl (C=O) groups is 1. The first-order valence-electron chi connectivity index (χ1n) is 9.89. The lowest BCUT2D eigenvalue weighted by molar-refractivity contribution is -0.134.